The second-order valence-electron chi connectivity index (χ2n) is 7.32. The van der Waals surface area contributed by atoms with Gasteiger partial charge in [-0.05, 0) is 50.1 Å². The third-order valence-corrected chi connectivity index (χ3v) is 9.49. The Labute approximate surface area is 178 Å². The molecule has 1 saturated carbocycles. The molecule has 0 spiro atoms. The van der Waals surface area contributed by atoms with Crippen molar-refractivity contribution in [2.24, 2.45) is 0 Å². The molecule has 1 aliphatic rings. The first kappa shape index (κ1) is 22.9. The minimum absolute atomic E-state index is 0.00362. The molecule has 0 heterocycles. The smallest absolute Gasteiger partial charge is 0.207 e. The highest BCUT2D eigenvalue weighted by Gasteiger charge is 2.42. The van der Waals surface area contributed by atoms with Gasteiger partial charge in [-0.2, -0.15) is 8.61 Å². The Morgan fingerprint density at radius 1 is 0.900 bits per heavy atom. The van der Waals surface area contributed by atoms with Crippen LogP contribution in [0.15, 0.2) is 58.3 Å². The van der Waals surface area contributed by atoms with Gasteiger partial charge in [0.15, 0.2) is 0 Å². The van der Waals surface area contributed by atoms with Crippen molar-refractivity contribution >= 4 is 20.0 Å². The number of nitrogens with zero attached hydrogens (tertiary/aromatic N) is 2. The lowest BCUT2D eigenvalue weighted by molar-refractivity contribution is 0.327. The standard InChI is InChI=1S/C21H27FN2O4S2/c1-4-23(5-2)29(25,26)18-12-14-19(15-13-18)30(27,28)24(17-10-11-17)16(3)20-8-6-7-9-21(20)22/h6-9,12-17H,4-5,10-11H2,1-3H3. The molecule has 3 rings (SSSR count). The maximum Gasteiger partial charge on any atom is 0.243 e. The van der Waals surface area contributed by atoms with E-state index in [9.17, 15) is 21.2 Å². The molecular formula is C21H27FN2O4S2. The van der Waals surface area contributed by atoms with E-state index in [0.29, 0.717) is 31.5 Å². The largest absolute Gasteiger partial charge is 0.243 e. The lowest BCUT2D eigenvalue weighted by Crippen LogP contribution is -2.36. The zero-order chi connectivity index (χ0) is 22.1. The molecule has 0 aliphatic heterocycles. The summed E-state index contributed by atoms with van der Waals surface area (Å²) in [5.41, 5.74) is 0.314. The maximum atomic E-state index is 14.3. The third kappa shape index (κ3) is 4.30. The number of benzene rings is 2. The van der Waals surface area contributed by atoms with Crippen LogP contribution < -0.4 is 0 Å². The van der Waals surface area contributed by atoms with Gasteiger partial charge in [0, 0.05) is 24.7 Å². The fraction of sp³-hybridized carbons (Fsp3) is 0.429. The Hall–Kier alpha value is -1.81. The van der Waals surface area contributed by atoms with E-state index >= 15 is 0 Å². The molecule has 1 atom stereocenters. The van der Waals surface area contributed by atoms with Gasteiger partial charge in [-0.15, -0.1) is 0 Å². The molecule has 2 aromatic rings. The highest BCUT2D eigenvalue weighted by atomic mass is 32.2. The second-order valence-corrected chi connectivity index (χ2v) is 11.1. The Bertz CT molecular complexity index is 1090. The molecule has 0 radical (unpaired) electrons. The van der Waals surface area contributed by atoms with Crippen LogP contribution >= 0.6 is 0 Å². The number of hydrogen-bond acceptors (Lipinski definition) is 4. The average molecular weight is 455 g/mol. The highest BCUT2D eigenvalue weighted by molar-refractivity contribution is 7.89. The normalized spacial score (nSPS) is 16.2. The predicted octanol–water partition coefficient (Wildman–Crippen LogP) is 3.77. The summed E-state index contributed by atoms with van der Waals surface area (Å²) in [5, 5.41) is 0. The van der Waals surface area contributed by atoms with Crippen LogP contribution in [0.5, 0.6) is 0 Å². The molecule has 0 amide bonds. The molecule has 30 heavy (non-hydrogen) atoms. The van der Waals surface area contributed by atoms with Gasteiger partial charge in [0.1, 0.15) is 5.82 Å². The fourth-order valence-corrected chi connectivity index (χ4v) is 6.93. The van der Waals surface area contributed by atoms with E-state index in [4.69, 9.17) is 0 Å². The molecular weight excluding hydrogens is 427 g/mol. The Morgan fingerprint density at radius 3 is 1.87 bits per heavy atom. The van der Waals surface area contributed by atoms with Crippen LogP contribution in [-0.4, -0.2) is 44.6 Å². The van der Waals surface area contributed by atoms with E-state index in [0.717, 1.165) is 0 Å². The summed E-state index contributed by atoms with van der Waals surface area (Å²) in [6.45, 7) is 5.82. The first-order valence-corrected chi connectivity index (χ1v) is 12.9. The third-order valence-electron chi connectivity index (χ3n) is 5.39. The van der Waals surface area contributed by atoms with Gasteiger partial charge < -0.3 is 0 Å². The minimum atomic E-state index is -3.94. The van der Waals surface area contributed by atoms with Crippen LogP contribution in [0.1, 0.15) is 45.2 Å². The molecule has 0 saturated heterocycles. The van der Waals surface area contributed by atoms with E-state index in [2.05, 4.69) is 0 Å². The molecule has 0 bridgehead atoms. The summed E-state index contributed by atoms with van der Waals surface area (Å²) in [4.78, 5) is 0.0429. The SMILES string of the molecule is CCN(CC)S(=O)(=O)c1ccc(S(=O)(=O)N(C2CC2)C(C)c2ccccc2F)cc1. The molecule has 0 N–H and O–H groups in total. The van der Waals surface area contributed by atoms with Crippen LogP contribution in [0.3, 0.4) is 0 Å². The molecule has 1 unspecified atom stereocenters. The molecule has 1 fully saturated rings. The summed E-state index contributed by atoms with van der Waals surface area (Å²) < 4.78 is 69.1. The van der Waals surface area contributed by atoms with Crippen molar-refractivity contribution in [3.05, 3.63) is 59.9 Å². The van der Waals surface area contributed by atoms with E-state index < -0.39 is 31.9 Å². The van der Waals surface area contributed by atoms with Gasteiger partial charge in [-0.1, -0.05) is 32.0 Å². The predicted molar refractivity (Wildman–Crippen MR) is 113 cm³/mol. The second kappa shape index (κ2) is 8.74. The number of rotatable bonds is 9. The van der Waals surface area contributed by atoms with Gasteiger partial charge in [0.05, 0.1) is 15.8 Å². The monoisotopic (exact) mass is 454 g/mol. The topological polar surface area (TPSA) is 74.8 Å². The lowest BCUT2D eigenvalue weighted by Gasteiger charge is -2.29. The Balaban J connectivity index is 1.96. The van der Waals surface area contributed by atoms with Gasteiger partial charge in [0.2, 0.25) is 20.0 Å². The zero-order valence-electron chi connectivity index (χ0n) is 17.3. The van der Waals surface area contributed by atoms with Gasteiger partial charge in [-0.3, -0.25) is 0 Å². The summed E-state index contributed by atoms with van der Waals surface area (Å²) in [6, 6.07) is 10.5. The van der Waals surface area contributed by atoms with Crippen molar-refractivity contribution in [3.8, 4) is 0 Å². The van der Waals surface area contributed by atoms with Crippen LogP contribution in [0.25, 0.3) is 0 Å². The fourth-order valence-electron chi connectivity index (χ4n) is 3.62. The molecule has 9 heteroatoms. The van der Waals surface area contributed by atoms with Crippen molar-refractivity contribution in [1.29, 1.82) is 0 Å². The minimum Gasteiger partial charge on any atom is -0.207 e. The Kier molecular flexibility index (Phi) is 6.66. The number of hydrogen-bond donors (Lipinski definition) is 0. The number of halogens is 1. The number of sulfonamides is 2. The summed E-state index contributed by atoms with van der Waals surface area (Å²) in [6.07, 6.45) is 1.43. The van der Waals surface area contributed by atoms with Crippen LogP contribution in [0.4, 0.5) is 4.39 Å². The highest BCUT2D eigenvalue weighted by Crippen LogP contribution is 2.39. The first-order chi connectivity index (χ1) is 14.1. The molecule has 2 aromatic carbocycles. The molecule has 6 nitrogen and oxygen atoms in total. The van der Waals surface area contributed by atoms with Gasteiger partial charge in [-0.25, -0.2) is 21.2 Å². The first-order valence-electron chi connectivity index (χ1n) is 10.0. The van der Waals surface area contributed by atoms with E-state index in [1.165, 1.54) is 38.9 Å². The quantitative estimate of drug-likeness (QED) is 0.578. The van der Waals surface area contributed by atoms with E-state index in [-0.39, 0.29) is 15.8 Å². The summed E-state index contributed by atoms with van der Waals surface area (Å²) in [5.74, 6) is -0.452. The van der Waals surface area contributed by atoms with Crippen LogP contribution in [-0.2, 0) is 20.0 Å². The zero-order valence-corrected chi connectivity index (χ0v) is 19.0. The van der Waals surface area contributed by atoms with Gasteiger partial charge in [0.25, 0.3) is 0 Å². The molecule has 164 valence electrons. The maximum absolute atomic E-state index is 14.3. The van der Waals surface area contributed by atoms with E-state index in [1.54, 1.807) is 39.0 Å². The van der Waals surface area contributed by atoms with Crippen molar-refractivity contribution in [1.82, 2.24) is 8.61 Å². The van der Waals surface area contributed by atoms with Crippen molar-refractivity contribution in [2.75, 3.05) is 13.1 Å². The van der Waals surface area contributed by atoms with E-state index in [1.807, 2.05) is 0 Å². The molecule has 0 aromatic heterocycles. The van der Waals surface area contributed by atoms with Crippen LogP contribution in [0, 0.1) is 5.82 Å². The van der Waals surface area contributed by atoms with Crippen molar-refractivity contribution < 1.29 is 21.2 Å². The van der Waals surface area contributed by atoms with Crippen molar-refractivity contribution in [2.45, 2.75) is 55.5 Å². The summed E-state index contributed by atoms with van der Waals surface area (Å²) >= 11 is 0. The summed E-state index contributed by atoms with van der Waals surface area (Å²) in [7, 11) is -7.61. The lowest BCUT2D eigenvalue weighted by atomic mass is 10.1. The van der Waals surface area contributed by atoms with Crippen molar-refractivity contribution in [3.63, 3.8) is 0 Å². The Morgan fingerprint density at radius 2 is 1.40 bits per heavy atom. The average Bonchev–Trinajstić information content (AvgIpc) is 3.54. The van der Waals surface area contributed by atoms with Gasteiger partial charge >= 0.3 is 0 Å². The molecule has 1 aliphatic carbocycles. The van der Waals surface area contributed by atoms with Crippen LogP contribution in [0.2, 0.25) is 0 Å².